The van der Waals surface area contributed by atoms with Gasteiger partial charge in [-0.2, -0.15) is 0 Å². The summed E-state index contributed by atoms with van der Waals surface area (Å²) in [5, 5.41) is 11.2. The lowest BCUT2D eigenvalue weighted by Gasteiger charge is -1.89. The molecule has 0 aromatic carbocycles. The highest BCUT2D eigenvalue weighted by Gasteiger charge is 2.28. The molecule has 1 aromatic heterocycles. The van der Waals surface area contributed by atoms with Crippen molar-refractivity contribution in [1.82, 2.24) is 20.2 Å². The second-order valence-electron chi connectivity index (χ2n) is 2.43. The monoisotopic (exact) mass is 124 g/mol. The van der Waals surface area contributed by atoms with Gasteiger partial charge in [0.2, 0.25) is 0 Å². The summed E-state index contributed by atoms with van der Waals surface area (Å²) < 4.78 is 1.75. The van der Waals surface area contributed by atoms with Gasteiger partial charge in [-0.05, 0) is 23.3 Å². The molecule has 1 fully saturated rings. The van der Waals surface area contributed by atoms with Gasteiger partial charge in [0.15, 0.2) is 5.82 Å². The highest BCUT2D eigenvalue weighted by Crippen LogP contribution is 2.37. The molecule has 0 radical (unpaired) electrons. The fraction of sp³-hybridized carbons (Fsp3) is 0.800. The van der Waals surface area contributed by atoms with Crippen LogP contribution in [-0.4, -0.2) is 20.2 Å². The van der Waals surface area contributed by atoms with Crippen molar-refractivity contribution in [3.63, 3.8) is 0 Å². The fourth-order valence-corrected chi connectivity index (χ4v) is 0.924. The van der Waals surface area contributed by atoms with E-state index >= 15 is 0 Å². The molecule has 48 valence electrons. The molecule has 2 rings (SSSR count). The molecular weight excluding hydrogens is 116 g/mol. The molecule has 0 unspecified atom stereocenters. The average molecular weight is 124 g/mol. The van der Waals surface area contributed by atoms with E-state index in [9.17, 15) is 0 Å². The first-order chi connectivity index (χ1) is 4.38. The fourth-order valence-electron chi connectivity index (χ4n) is 0.924. The molecule has 9 heavy (non-hydrogen) atoms. The Morgan fingerprint density at radius 2 is 2.33 bits per heavy atom. The van der Waals surface area contributed by atoms with Crippen LogP contribution in [-0.2, 0) is 7.05 Å². The maximum absolute atomic E-state index is 3.88. The quantitative estimate of drug-likeness (QED) is 0.532. The molecule has 1 aromatic rings. The van der Waals surface area contributed by atoms with Crippen LogP contribution in [0.15, 0.2) is 0 Å². The minimum absolute atomic E-state index is 0.657. The van der Waals surface area contributed by atoms with Crippen LogP contribution in [0.4, 0.5) is 0 Å². The molecule has 0 aliphatic heterocycles. The summed E-state index contributed by atoms with van der Waals surface area (Å²) in [6.45, 7) is 0. The molecule has 1 saturated carbocycles. The smallest absolute Gasteiger partial charge is 0.153 e. The van der Waals surface area contributed by atoms with Gasteiger partial charge < -0.3 is 0 Å². The van der Waals surface area contributed by atoms with Crippen LogP contribution in [0.1, 0.15) is 24.6 Å². The van der Waals surface area contributed by atoms with Crippen LogP contribution < -0.4 is 0 Å². The van der Waals surface area contributed by atoms with Gasteiger partial charge in [0.25, 0.3) is 0 Å². The Morgan fingerprint density at radius 3 is 2.78 bits per heavy atom. The van der Waals surface area contributed by atoms with Gasteiger partial charge in [0, 0.05) is 13.0 Å². The van der Waals surface area contributed by atoms with Crippen LogP contribution in [0.2, 0.25) is 0 Å². The molecule has 4 heteroatoms. The van der Waals surface area contributed by atoms with Crippen LogP contribution >= 0.6 is 0 Å². The largest absolute Gasteiger partial charge is 0.232 e. The topological polar surface area (TPSA) is 43.6 Å². The highest BCUT2D eigenvalue weighted by atomic mass is 15.5. The summed E-state index contributed by atoms with van der Waals surface area (Å²) in [7, 11) is 1.88. The predicted octanol–water partition coefficient (Wildman–Crippen LogP) is 0.0875. The van der Waals surface area contributed by atoms with Crippen molar-refractivity contribution in [3.8, 4) is 0 Å². The molecule has 0 saturated heterocycles. The minimum atomic E-state index is 0.657. The van der Waals surface area contributed by atoms with Crippen molar-refractivity contribution >= 4 is 0 Å². The Balaban J connectivity index is 2.35. The third kappa shape index (κ3) is 0.704. The summed E-state index contributed by atoms with van der Waals surface area (Å²) in [5.74, 6) is 1.69. The van der Waals surface area contributed by atoms with Crippen molar-refractivity contribution < 1.29 is 0 Å². The Hall–Kier alpha value is -0.930. The molecular formula is C5H8N4. The van der Waals surface area contributed by atoms with E-state index < -0.39 is 0 Å². The zero-order chi connectivity index (χ0) is 6.27. The number of hydrogen-bond acceptors (Lipinski definition) is 3. The maximum Gasteiger partial charge on any atom is 0.153 e. The number of aromatic nitrogens is 4. The molecule has 0 atom stereocenters. The van der Waals surface area contributed by atoms with Gasteiger partial charge in [-0.3, -0.25) is 0 Å². The lowest BCUT2D eigenvalue weighted by molar-refractivity contribution is 0.679. The van der Waals surface area contributed by atoms with Gasteiger partial charge in [-0.15, -0.1) is 5.10 Å². The van der Waals surface area contributed by atoms with Crippen molar-refractivity contribution in [2.45, 2.75) is 18.8 Å². The van der Waals surface area contributed by atoms with E-state index in [0.717, 1.165) is 5.82 Å². The summed E-state index contributed by atoms with van der Waals surface area (Å²) >= 11 is 0. The molecule has 4 nitrogen and oxygen atoms in total. The normalized spacial score (nSPS) is 18.3. The molecule has 0 spiro atoms. The van der Waals surface area contributed by atoms with E-state index in [4.69, 9.17) is 0 Å². The van der Waals surface area contributed by atoms with Crippen molar-refractivity contribution in [1.29, 1.82) is 0 Å². The Labute approximate surface area is 52.9 Å². The van der Waals surface area contributed by atoms with E-state index in [2.05, 4.69) is 15.5 Å². The zero-order valence-corrected chi connectivity index (χ0v) is 5.28. The van der Waals surface area contributed by atoms with E-state index in [1.807, 2.05) is 7.05 Å². The number of aryl methyl sites for hydroxylation is 1. The maximum atomic E-state index is 3.88. The molecule has 0 amide bonds. The van der Waals surface area contributed by atoms with E-state index in [1.165, 1.54) is 12.8 Å². The molecule has 1 aliphatic carbocycles. The van der Waals surface area contributed by atoms with Crippen molar-refractivity contribution in [3.05, 3.63) is 5.82 Å². The van der Waals surface area contributed by atoms with Crippen LogP contribution in [0.25, 0.3) is 0 Å². The Kier molecular flexibility index (Phi) is 0.831. The highest BCUT2D eigenvalue weighted by molar-refractivity contribution is 5.01. The second kappa shape index (κ2) is 1.52. The van der Waals surface area contributed by atoms with Gasteiger partial charge in [-0.25, -0.2) is 4.68 Å². The first-order valence-corrected chi connectivity index (χ1v) is 3.10. The third-order valence-corrected chi connectivity index (χ3v) is 1.60. The number of nitrogens with zero attached hydrogens (tertiary/aromatic N) is 4. The molecule has 1 aliphatic rings. The lowest BCUT2D eigenvalue weighted by atomic mass is 10.4. The predicted molar refractivity (Wildman–Crippen MR) is 30.8 cm³/mol. The van der Waals surface area contributed by atoms with E-state index in [1.54, 1.807) is 4.68 Å². The summed E-state index contributed by atoms with van der Waals surface area (Å²) in [6.07, 6.45) is 2.52. The van der Waals surface area contributed by atoms with Crippen LogP contribution in [0, 0.1) is 0 Å². The Bertz CT molecular complexity index is 212. The van der Waals surface area contributed by atoms with Gasteiger partial charge >= 0.3 is 0 Å². The molecule has 0 bridgehead atoms. The average Bonchev–Trinajstić information content (AvgIpc) is 2.58. The molecule has 1 heterocycles. The number of rotatable bonds is 1. The standard InChI is InChI=1S/C5H8N4/c1-9-5(4-2-3-4)6-7-8-9/h4H,2-3H2,1H3. The minimum Gasteiger partial charge on any atom is -0.232 e. The van der Waals surface area contributed by atoms with Gasteiger partial charge in [0.05, 0.1) is 0 Å². The lowest BCUT2D eigenvalue weighted by Crippen LogP contribution is -1.96. The second-order valence-corrected chi connectivity index (χ2v) is 2.43. The third-order valence-electron chi connectivity index (χ3n) is 1.60. The first kappa shape index (κ1) is 4.90. The molecule has 0 N–H and O–H groups in total. The van der Waals surface area contributed by atoms with E-state index in [0.29, 0.717) is 5.92 Å². The summed E-state index contributed by atoms with van der Waals surface area (Å²) in [5.41, 5.74) is 0. The number of tetrazole rings is 1. The van der Waals surface area contributed by atoms with Gasteiger partial charge in [0.1, 0.15) is 0 Å². The van der Waals surface area contributed by atoms with Crippen molar-refractivity contribution in [2.75, 3.05) is 0 Å². The van der Waals surface area contributed by atoms with Crippen LogP contribution in [0.5, 0.6) is 0 Å². The van der Waals surface area contributed by atoms with Gasteiger partial charge in [-0.1, -0.05) is 0 Å². The van der Waals surface area contributed by atoms with Crippen LogP contribution in [0.3, 0.4) is 0 Å². The summed E-state index contributed by atoms with van der Waals surface area (Å²) in [4.78, 5) is 0. The Morgan fingerprint density at radius 1 is 1.56 bits per heavy atom. The first-order valence-electron chi connectivity index (χ1n) is 3.10. The zero-order valence-electron chi connectivity index (χ0n) is 5.28. The van der Waals surface area contributed by atoms with Crippen molar-refractivity contribution in [2.24, 2.45) is 7.05 Å². The summed E-state index contributed by atoms with van der Waals surface area (Å²) in [6, 6.07) is 0. The SMILES string of the molecule is Cn1nnnc1C1CC1. The van der Waals surface area contributed by atoms with E-state index in [-0.39, 0.29) is 0 Å². The number of hydrogen-bond donors (Lipinski definition) is 0.